The van der Waals surface area contributed by atoms with E-state index in [1.165, 1.54) is 5.56 Å². The molecule has 1 aromatic carbocycles. The second-order valence-electron chi connectivity index (χ2n) is 4.39. The van der Waals surface area contributed by atoms with Gasteiger partial charge in [-0.1, -0.05) is 37.6 Å². The van der Waals surface area contributed by atoms with Crippen molar-refractivity contribution in [2.45, 2.75) is 45.8 Å². The van der Waals surface area contributed by atoms with Crippen LogP contribution in [0.25, 0.3) is 0 Å². The molecular formula is C14H22O2. The standard InChI is InChI=1S/C14H22O2/c1-4-6-12-7-5-8-13(9-12)14(15)10-16-11(2)3/h5,7-9,11,14-15H,4,6,10H2,1-3H3. The van der Waals surface area contributed by atoms with Crippen LogP contribution in [0.4, 0.5) is 0 Å². The third-order valence-electron chi connectivity index (χ3n) is 2.46. The average Bonchev–Trinajstić information content (AvgIpc) is 2.26. The quantitative estimate of drug-likeness (QED) is 0.801. The number of hydrogen-bond acceptors (Lipinski definition) is 2. The van der Waals surface area contributed by atoms with Crippen LogP contribution in [-0.4, -0.2) is 17.8 Å². The summed E-state index contributed by atoms with van der Waals surface area (Å²) in [6, 6.07) is 8.12. The molecule has 0 aromatic heterocycles. The van der Waals surface area contributed by atoms with Crippen molar-refractivity contribution in [3.05, 3.63) is 35.4 Å². The van der Waals surface area contributed by atoms with E-state index in [9.17, 15) is 5.11 Å². The van der Waals surface area contributed by atoms with Gasteiger partial charge in [0, 0.05) is 0 Å². The normalized spacial score (nSPS) is 13.1. The van der Waals surface area contributed by atoms with Crippen LogP contribution in [0.3, 0.4) is 0 Å². The molecule has 0 bridgehead atoms. The van der Waals surface area contributed by atoms with Crippen molar-refractivity contribution < 1.29 is 9.84 Å². The van der Waals surface area contributed by atoms with Gasteiger partial charge in [-0.2, -0.15) is 0 Å². The number of ether oxygens (including phenoxy) is 1. The lowest BCUT2D eigenvalue weighted by molar-refractivity contribution is 0.00490. The summed E-state index contributed by atoms with van der Waals surface area (Å²) in [5.41, 5.74) is 2.23. The molecule has 0 fully saturated rings. The van der Waals surface area contributed by atoms with Crippen molar-refractivity contribution in [2.75, 3.05) is 6.61 Å². The van der Waals surface area contributed by atoms with Crippen LogP contribution in [0.15, 0.2) is 24.3 Å². The van der Waals surface area contributed by atoms with Gasteiger partial charge in [-0.25, -0.2) is 0 Å². The lowest BCUT2D eigenvalue weighted by atomic mass is 10.0. The minimum absolute atomic E-state index is 0.161. The van der Waals surface area contributed by atoms with Crippen LogP contribution in [0.5, 0.6) is 0 Å². The predicted octanol–water partition coefficient (Wildman–Crippen LogP) is 3.10. The third kappa shape index (κ3) is 4.33. The number of benzene rings is 1. The summed E-state index contributed by atoms with van der Waals surface area (Å²) in [5.74, 6) is 0. The van der Waals surface area contributed by atoms with Gasteiger partial charge in [0.25, 0.3) is 0 Å². The fraction of sp³-hybridized carbons (Fsp3) is 0.571. The van der Waals surface area contributed by atoms with E-state index in [1.807, 2.05) is 26.0 Å². The number of rotatable bonds is 6. The van der Waals surface area contributed by atoms with Crippen molar-refractivity contribution in [1.82, 2.24) is 0 Å². The molecule has 0 aliphatic rings. The van der Waals surface area contributed by atoms with Crippen LogP contribution in [-0.2, 0) is 11.2 Å². The Morgan fingerprint density at radius 1 is 1.31 bits per heavy atom. The molecule has 0 aliphatic heterocycles. The van der Waals surface area contributed by atoms with Crippen LogP contribution in [0, 0.1) is 0 Å². The summed E-state index contributed by atoms with van der Waals surface area (Å²) in [7, 11) is 0. The molecule has 1 rings (SSSR count). The molecule has 2 nitrogen and oxygen atoms in total. The Hall–Kier alpha value is -0.860. The molecule has 0 amide bonds. The molecule has 1 unspecified atom stereocenters. The highest BCUT2D eigenvalue weighted by atomic mass is 16.5. The zero-order valence-corrected chi connectivity index (χ0v) is 10.4. The summed E-state index contributed by atoms with van der Waals surface area (Å²) >= 11 is 0. The molecule has 0 saturated heterocycles. The minimum Gasteiger partial charge on any atom is -0.386 e. The minimum atomic E-state index is -0.515. The van der Waals surface area contributed by atoms with Gasteiger partial charge in [-0.15, -0.1) is 0 Å². The Balaban J connectivity index is 2.60. The second-order valence-corrected chi connectivity index (χ2v) is 4.39. The Morgan fingerprint density at radius 2 is 2.06 bits per heavy atom. The van der Waals surface area contributed by atoms with Gasteiger partial charge in [-0.05, 0) is 31.4 Å². The van der Waals surface area contributed by atoms with E-state index in [1.54, 1.807) is 0 Å². The lowest BCUT2D eigenvalue weighted by Gasteiger charge is -2.14. The Kier molecular flexibility index (Phi) is 5.50. The Labute approximate surface area is 98.3 Å². The maximum atomic E-state index is 9.94. The zero-order chi connectivity index (χ0) is 12.0. The van der Waals surface area contributed by atoms with E-state index in [0.717, 1.165) is 18.4 Å². The van der Waals surface area contributed by atoms with E-state index >= 15 is 0 Å². The van der Waals surface area contributed by atoms with Gasteiger partial charge >= 0.3 is 0 Å². The number of aliphatic hydroxyl groups is 1. The fourth-order valence-corrected chi connectivity index (χ4v) is 1.62. The van der Waals surface area contributed by atoms with Crippen LogP contribution in [0.2, 0.25) is 0 Å². The molecule has 0 aliphatic carbocycles. The molecule has 0 radical (unpaired) electrons. The van der Waals surface area contributed by atoms with Crippen molar-refractivity contribution in [3.8, 4) is 0 Å². The zero-order valence-electron chi connectivity index (χ0n) is 10.4. The van der Waals surface area contributed by atoms with E-state index in [-0.39, 0.29) is 6.10 Å². The molecule has 0 heterocycles. The molecule has 0 saturated carbocycles. The highest BCUT2D eigenvalue weighted by Crippen LogP contribution is 2.16. The van der Waals surface area contributed by atoms with Crippen molar-refractivity contribution in [1.29, 1.82) is 0 Å². The van der Waals surface area contributed by atoms with Gasteiger partial charge in [0.15, 0.2) is 0 Å². The van der Waals surface area contributed by atoms with Crippen molar-refractivity contribution >= 4 is 0 Å². The van der Waals surface area contributed by atoms with Gasteiger partial charge in [0.1, 0.15) is 6.10 Å². The fourth-order valence-electron chi connectivity index (χ4n) is 1.62. The predicted molar refractivity (Wildman–Crippen MR) is 66.5 cm³/mol. The summed E-state index contributed by atoms with van der Waals surface area (Å²) < 4.78 is 5.41. The first-order valence-electron chi connectivity index (χ1n) is 6.02. The third-order valence-corrected chi connectivity index (χ3v) is 2.46. The van der Waals surface area contributed by atoms with Gasteiger partial charge in [0.2, 0.25) is 0 Å². The van der Waals surface area contributed by atoms with Gasteiger partial charge in [0.05, 0.1) is 12.7 Å². The van der Waals surface area contributed by atoms with Crippen molar-refractivity contribution in [2.24, 2.45) is 0 Å². The molecule has 1 aromatic rings. The summed E-state index contributed by atoms with van der Waals surface area (Å²) in [5, 5.41) is 9.94. The van der Waals surface area contributed by atoms with Crippen LogP contribution >= 0.6 is 0 Å². The van der Waals surface area contributed by atoms with E-state index < -0.39 is 6.10 Å². The summed E-state index contributed by atoms with van der Waals surface area (Å²) in [6.07, 6.45) is 1.83. The molecule has 1 N–H and O–H groups in total. The van der Waals surface area contributed by atoms with Crippen LogP contribution < -0.4 is 0 Å². The molecule has 2 heteroatoms. The molecule has 0 spiro atoms. The number of aliphatic hydroxyl groups excluding tert-OH is 1. The SMILES string of the molecule is CCCc1cccc(C(O)COC(C)C)c1. The lowest BCUT2D eigenvalue weighted by Crippen LogP contribution is -2.12. The van der Waals surface area contributed by atoms with E-state index in [2.05, 4.69) is 19.1 Å². The first kappa shape index (κ1) is 13.2. The molecule has 1 atom stereocenters. The van der Waals surface area contributed by atoms with Crippen LogP contribution in [0.1, 0.15) is 44.4 Å². The molecular weight excluding hydrogens is 200 g/mol. The van der Waals surface area contributed by atoms with Crippen molar-refractivity contribution in [3.63, 3.8) is 0 Å². The second kappa shape index (κ2) is 6.66. The highest BCUT2D eigenvalue weighted by Gasteiger charge is 2.08. The number of hydrogen-bond donors (Lipinski definition) is 1. The average molecular weight is 222 g/mol. The maximum absolute atomic E-state index is 9.94. The van der Waals surface area contributed by atoms with Gasteiger partial charge < -0.3 is 9.84 Å². The summed E-state index contributed by atoms with van der Waals surface area (Å²) in [4.78, 5) is 0. The monoisotopic (exact) mass is 222 g/mol. The molecule has 16 heavy (non-hydrogen) atoms. The topological polar surface area (TPSA) is 29.5 Å². The first-order chi connectivity index (χ1) is 7.63. The van der Waals surface area contributed by atoms with E-state index in [4.69, 9.17) is 4.74 Å². The number of aryl methyl sites for hydroxylation is 1. The van der Waals surface area contributed by atoms with E-state index in [0.29, 0.717) is 6.61 Å². The smallest absolute Gasteiger partial charge is 0.102 e. The largest absolute Gasteiger partial charge is 0.386 e. The molecule has 90 valence electrons. The first-order valence-corrected chi connectivity index (χ1v) is 6.02. The summed E-state index contributed by atoms with van der Waals surface area (Å²) in [6.45, 7) is 6.47. The highest BCUT2D eigenvalue weighted by molar-refractivity contribution is 5.25. The Morgan fingerprint density at radius 3 is 2.69 bits per heavy atom. The Bertz CT molecular complexity index is 307. The van der Waals surface area contributed by atoms with Gasteiger partial charge in [-0.3, -0.25) is 0 Å². The maximum Gasteiger partial charge on any atom is 0.102 e.